The van der Waals surface area contributed by atoms with Gasteiger partial charge in [0.25, 0.3) is 0 Å². The van der Waals surface area contributed by atoms with Gasteiger partial charge in [-0.15, -0.1) is 0 Å². The summed E-state index contributed by atoms with van der Waals surface area (Å²) in [5, 5.41) is 4.39. The van der Waals surface area contributed by atoms with Gasteiger partial charge in [0, 0.05) is 13.1 Å². The molecule has 0 aromatic heterocycles. The molecule has 0 saturated heterocycles. The Bertz CT molecular complexity index is 217. The Labute approximate surface area is 67.4 Å². The highest BCUT2D eigenvalue weighted by Gasteiger charge is 2.05. The highest BCUT2D eigenvalue weighted by atomic mass is 14.8. The van der Waals surface area contributed by atoms with Crippen LogP contribution in [0.5, 0.6) is 0 Å². The van der Waals surface area contributed by atoms with Gasteiger partial charge in [-0.2, -0.15) is 0 Å². The minimum absolute atomic E-state index is 1.01. The van der Waals surface area contributed by atoms with Crippen LogP contribution in [0.15, 0.2) is 24.3 Å². The molecule has 0 aliphatic carbocycles. The largest absolute Gasteiger partial charge is 0.241 e. The van der Waals surface area contributed by atoms with Crippen LogP contribution in [0.3, 0.4) is 0 Å². The summed E-state index contributed by atoms with van der Waals surface area (Å²) in [6.45, 7) is 2.02. The molecule has 1 aromatic carbocycles. The number of benzene rings is 1. The minimum atomic E-state index is 1.01. The van der Waals surface area contributed by atoms with E-state index < -0.39 is 0 Å². The standard InChI is InChI=1S/C10H12N/c1-2-4-10-6-8-11-7-5-9(10)3-1/h1-4H,5-8H2. The number of fused-ring (bicyclic) bond motifs is 1. The van der Waals surface area contributed by atoms with Crippen molar-refractivity contribution < 1.29 is 0 Å². The molecule has 0 bridgehead atoms. The van der Waals surface area contributed by atoms with E-state index in [-0.39, 0.29) is 0 Å². The van der Waals surface area contributed by atoms with Crippen molar-refractivity contribution in [3.63, 3.8) is 0 Å². The van der Waals surface area contributed by atoms with Crippen molar-refractivity contribution in [2.24, 2.45) is 0 Å². The zero-order valence-corrected chi connectivity index (χ0v) is 6.59. The summed E-state index contributed by atoms with van der Waals surface area (Å²) >= 11 is 0. The molecule has 1 aliphatic rings. The highest BCUT2D eigenvalue weighted by Crippen LogP contribution is 2.11. The van der Waals surface area contributed by atoms with Gasteiger partial charge in [0.15, 0.2) is 0 Å². The van der Waals surface area contributed by atoms with Crippen molar-refractivity contribution in [2.45, 2.75) is 12.8 Å². The summed E-state index contributed by atoms with van der Waals surface area (Å²) in [6.07, 6.45) is 2.27. The lowest BCUT2D eigenvalue weighted by atomic mass is 10.0. The highest BCUT2D eigenvalue weighted by molar-refractivity contribution is 5.28. The lowest BCUT2D eigenvalue weighted by molar-refractivity contribution is 0.696. The normalized spacial score (nSPS) is 17.1. The fraction of sp³-hybridized carbons (Fsp3) is 0.400. The predicted octanol–water partition coefficient (Wildman–Crippen LogP) is 1.39. The molecule has 2 rings (SSSR count). The molecule has 0 unspecified atom stereocenters. The summed E-state index contributed by atoms with van der Waals surface area (Å²) in [7, 11) is 0. The molecule has 0 spiro atoms. The molecular formula is C10H12N. The van der Waals surface area contributed by atoms with Crippen LogP contribution in [0.4, 0.5) is 0 Å². The predicted molar refractivity (Wildman–Crippen MR) is 45.7 cm³/mol. The molecule has 0 amide bonds. The smallest absolute Gasteiger partial charge is 0.0174 e. The van der Waals surface area contributed by atoms with Crippen LogP contribution in [0, 0.1) is 0 Å². The summed E-state index contributed by atoms with van der Waals surface area (Å²) < 4.78 is 0. The van der Waals surface area contributed by atoms with Crippen molar-refractivity contribution in [1.29, 1.82) is 0 Å². The molecule has 1 nitrogen and oxygen atoms in total. The first kappa shape index (κ1) is 6.86. The third-order valence-corrected chi connectivity index (χ3v) is 2.20. The minimum Gasteiger partial charge on any atom is -0.241 e. The van der Waals surface area contributed by atoms with E-state index >= 15 is 0 Å². The van der Waals surface area contributed by atoms with Crippen LogP contribution in [0.25, 0.3) is 0 Å². The maximum absolute atomic E-state index is 4.39. The second-order valence-electron chi connectivity index (χ2n) is 2.94. The summed E-state index contributed by atoms with van der Waals surface area (Å²) in [5.74, 6) is 0. The van der Waals surface area contributed by atoms with Gasteiger partial charge in [-0.25, -0.2) is 5.32 Å². The van der Waals surface area contributed by atoms with Gasteiger partial charge >= 0.3 is 0 Å². The molecule has 1 radical (unpaired) electrons. The van der Waals surface area contributed by atoms with Crippen molar-refractivity contribution >= 4 is 0 Å². The Hall–Kier alpha value is -0.820. The van der Waals surface area contributed by atoms with Crippen molar-refractivity contribution in [2.75, 3.05) is 13.1 Å². The van der Waals surface area contributed by atoms with Gasteiger partial charge in [-0.1, -0.05) is 24.3 Å². The zero-order valence-electron chi connectivity index (χ0n) is 6.59. The van der Waals surface area contributed by atoms with Crippen LogP contribution in [0.1, 0.15) is 11.1 Å². The lowest BCUT2D eigenvalue weighted by Crippen LogP contribution is -2.07. The third-order valence-electron chi connectivity index (χ3n) is 2.20. The van der Waals surface area contributed by atoms with Crippen LogP contribution in [0.2, 0.25) is 0 Å². The maximum Gasteiger partial charge on any atom is 0.0174 e. The fourth-order valence-corrected chi connectivity index (χ4v) is 1.56. The Morgan fingerprint density at radius 2 is 1.45 bits per heavy atom. The first-order valence-electron chi connectivity index (χ1n) is 4.17. The zero-order chi connectivity index (χ0) is 7.52. The van der Waals surface area contributed by atoms with Gasteiger partial charge in [-0.3, -0.25) is 0 Å². The summed E-state index contributed by atoms with van der Waals surface area (Å²) in [4.78, 5) is 0. The van der Waals surface area contributed by atoms with E-state index in [0.29, 0.717) is 0 Å². The van der Waals surface area contributed by atoms with Crippen LogP contribution in [-0.2, 0) is 12.8 Å². The average Bonchev–Trinajstić information content (AvgIpc) is 2.28. The summed E-state index contributed by atoms with van der Waals surface area (Å²) in [6, 6.07) is 8.67. The monoisotopic (exact) mass is 146 g/mol. The molecule has 57 valence electrons. The molecule has 0 atom stereocenters. The van der Waals surface area contributed by atoms with Gasteiger partial charge < -0.3 is 0 Å². The number of hydrogen-bond acceptors (Lipinski definition) is 0. The second kappa shape index (κ2) is 3.05. The van der Waals surface area contributed by atoms with E-state index in [1.54, 1.807) is 0 Å². The molecule has 1 heteroatoms. The number of rotatable bonds is 0. The molecule has 0 saturated carbocycles. The molecule has 11 heavy (non-hydrogen) atoms. The van der Waals surface area contributed by atoms with Crippen molar-refractivity contribution in [1.82, 2.24) is 5.32 Å². The van der Waals surface area contributed by atoms with E-state index in [0.717, 1.165) is 25.9 Å². The van der Waals surface area contributed by atoms with Crippen molar-refractivity contribution in [3.8, 4) is 0 Å². The van der Waals surface area contributed by atoms with E-state index in [1.165, 1.54) is 11.1 Å². The Balaban J connectivity index is 2.33. The Morgan fingerprint density at radius 1 is 0.909 bits per heavy atom. The molecular weight excluding hydrogens is 134 g/mol. The summed E-state index contributed by atoms with van der Waals surface area (Å²) in [5.41, 5.74) is 2.99. The maximum atomic E-state index is 4.39. The van der Waals surface area contributed by atoms with E-state index in [4.69, 9.17) is 0 Å². The molecule has 0 fully saturated rings. The number of hydrogen-bond donors (Lipinski definition) is 0. The molecule has 0 N–H and O–H groups in total. The quantitative estimate of drug-likeness (QED) is 0.525. The van der Waals surface area contributed by atoms with Crippen LogP contribution >= 0.6 is 0 Å². The number of nitrogens with zero attached hydrogens (tertiary/aromatic N) is 1. The Morgan fingerprint density at radius 3 is 2.00 bits per heavy atom. The second-order valence-corrected chi connectivity index (χ2v) is 2.94. The van der Waals surface area contributed by atoms with Crippen LogP contribution < -0.4 is 5.32 Å². The molecule has 1 aromatic rings. The third kappa shape index (κ3) is 1.43. The average molecular weight is 146 g/mol. The lowest BCUT2D eigenvalue weighted by Gasteiger charge is -2.01. The van der Waals surface area contributed by atoms with Crippen molar-refractivity contribution in [3.05, 3.63) is 35.4 Å². The Kier molecular flexibility index (Phi) is 1.91. The van der Waals surface area contributed by atoms with Gasteiger partial charge in [-0.05, 0) is 24.0 Å². The fourth-order valence-electron chi connectivity index (χ4n) is 1.56. The molecule has 1 aliphatic heterocycles. The SMILES string of the molecule is c1ccc2c(c1)CC[N]CC2. The van der Waals surface area contributed by atoms with Gasteiger partial charge in [0.05, 0.1) is 0 Å². The van der Waals surface area contributed by atoms with Gasteiger partial charge in [0.2, 0.25) is 0 Å². The van der Waals surface area contributed by atoms with E-state index in [1.807, 2.05) is 0 Å². The van der Waals surface area contributed by atoms with Crippen LogP contribution in [-0.4, -0.2) is 13.1 Å². The first-order valence-corrected chi connectivity index (χ1v) is 4.17. The molecule has 1 heterocycles. The first-order chi connectivity index (χ1) is 5.47. The van der Waals surface area contributed by atoms with E-state index in [2.05, 4.69) is 29.6 Å². The van der Waals surface area contributed by atoms with E-state index in [9.17, 15) is 0 Å². The van der Waals surface area contributed by atoms with Gasteiger partial charge in [0.1, 0.15) is 0 Å². The topological polar surface area (TPSA) is 14.1 Å².